The molecule has 0 radical (unpaired) electrons. The summed E-state index contributed by atoms with van der Waals surface area (Å²) in [6.45, 7) is 9.74. The highest BCUT2D eigenvalue weighted by molar-refractivity contribution is 6.02. The van der Waals surface area contributed by atoms with Crippen LogP contribution in [0.1, 0.15) is 128 Å². The number of amides is 3. The number of imide groups is 1. The Morgan fingerprint density at radius 3 is 1.33 bits per heavy atom. The number of carbonyl (C=O) groups is 3. The van der Waals surface area contributed by atoms with Crippen molar-refractivity contribution in [2.75, 3.05) is 21.3 Å². The van der Waals surface area contributed by atoms with Crippen LogP contribution in [0.25, 0.3) is 44.6 Å². The van der Waals surface area contributed by atoms with Gasteiger partial charge in [0.2, 0.25) is 29.6 Å². The van der Waals surface area contributed by atoms with E-state index < -0.39 is 0 Å². The van der Waals surface area contributed by atoms with Crippen molar-refractivity contribution in [3.8, 4) is 22.3 Å². The van der Waals surface area contributed by atoms with Gasteiger partial charge in [0.15, 0.2) is 34.0 Å². The molecule has 0 atom stereocenters. The van der Waals surface area contributed by atoms with Crippen LogP contribution >= 0.6 is 0 Å². The minimum absolute atomic E-state index is 0.0110. The van der Waals surface area contributed by atoms with Gasteiger partial charge in [-0.3, -0.25) is 19.3 Å². The van der Waals surface area contributed by atoms with Crippen molar-refractivity contribution in [3.05, 3.63) is 133 Å². The highest BCUT2D eigenvalue weighted by Crippen LogP contribution is 2.33. The molecule has 12 rings (SSSR count). The van der Waals surface area contributed by atoms with Gasteiger partial charge in [0.25, 0.3) is 0 Å². The Balaban J connectivity index is 0.000000167. The van der Waals surface area contributed by atoms with Crippen LogP contribution in [-0.2, 0) is 27.5 Å². The van der Waals surface area contributed by atoms with E-state index in [9.17, 15) is 14.4 Å². The fourth-order valence-electron chi connectivity index (χ4n) is 11.1. The van der Waals surface area contributed by atoms with Crippen molar-refractivity contribution in [2.24, 2.45) is 5.92 Å². The number of imidazole rings is 2. The van der Waals surface area contributed by atoms with Gasteiger partial charge >= 0.3 is 0 Å². The number of hydrogen-bond donors (Lipinski definition) is 5. The van der Waals surface area contributed by atoms with Crippen molar-refractivity contribution >= 4 is 63.6 Å². The van der Waals surface area contributed by atoms with Crippen molar-refractivity contribution in [2.45, 2.75) is 154 Å². The van der Waals surface area contributed by atoms with Gasteiger partial charge in [0.1, 0.15) is 0 Å². The molecule has 3 amide bonds. The van der Waals surface area contributed by atoms with Crippen LogP contribution < -0.4 is 26.6 Å². The molecular weight excluding hydrogens is 989 g/mol. The summed E-state index contributed by atoms with van der Waals surface area (Å²) >= 11 is 0. The van der Waals surface area contributed by atoms with E-state index in [4.69, 9.17) is 19.9 Å². The number of carbonyl (C=O) groups excluding carboxylic acids is 3. The third-order valence-corrected chi connectivity index (χ3v) is 15.8. The fraction of sp³-hybridized carbons (Fsp3) is 0.403. The number of benzene rings is 4. The van der Waals surface area contributed by atoms with Gasteiger partial charge in [-0.05, 0) is 125 Å². The quantitative estimate of drug-likeness (QED) is 0.0540. The van der Waals surface area contributed by atoms with Crippen LogP contribution in [0, 0.1) is 5.92 Å². The van der Waals surface area contributed by atoms with Crippen LogP contribution in [0.4, 0.5) is 23.5 Å². The second-order valence-corrected chi connectivity index (χ2v) is 22.2. The van der Waals surface area contributed by atoms with Gasteiger partial charge in [-0.15, -0.1) is 0 Å². The Bertz CT molecular complexity index is 3360. The topological polar surface area (TPSA) is 202 Å². The van der Waals surface area contributed by atoms with Gasteiger partial charge in [-0.2, -0.15) is 19.9 Å². The highest BCUT2D eigenvalue weighted by Gasteiger charge is 2.37. The molecule has 1 aliphatic heterocycles. The number of hydrogen-bond acceptors (Lipinski definition) is 13. The summed E-state index contributed by atoms with van der Waals surface area (Å²) in [6, 6.07) is 39.1. The molecule has 3 aliphatic carbocycles. The molecule has 4 aromatic heterocycles. The van der Waals surface area contributed by atoms with Crippen molar-refractivity contribution < 1.29 is 14.4 Å². The molecule has 79 heavy (non-hydrogen) atoms. The molecule has 0 spiro atoms. The van der Waals surface area contributed by atoms with E-state index in [0.717, 1.165) is 97.9 Å². The highest BCUT2D eigenvalue weighted by atomic mass is 16.2. The zero-order valence-corrected chi connectivity index (χ0v) is 45.7. The summed E-state index contributed by atoms with van der Waals surface area (Å²) < 4.78 is 4.15. The predicted molar refractivity (Wildman–Crippen MR) is 311 cm³/mol. The Morgan fingerprint density at radius 1 is 0.506 bits per heavy atom. The number of fused-ring (bicyclic) bond motifs is 2. The summed E-state index contributed by atoms with van der Waals surface area (Å²) in [4.78, 5) is 66.8. The lowest BCUT2D eigenvalue weighted by atomic mass is 9.90. The Morgan fingerprint density at radius 2 is 0.911 bits per heavy atom. The monoisotopic (exact) mass is 1060 g/mol. The lowest BCUT2D eigenvalue weighted by molar-refractivity contribution is -0.141. The molecule has 8 aromatic rings. The fourth-order valence-corrected chi connectivity index (χ4v) is 11.1. The third kappa shape index (κ3) is 12.6. The predicted octanol–water partition coefficient (Wildman–Crippen LogP) is 11.5. The van der Waals surface area contributed by atoms with Crippen molar-refractivity contribution in [1.29, 1.82) is 0 Å². The second-order valence-electron chi connectivity index (χ2n) is 22.2. The average molecular weight is 1060 g/mol. The number of likely N-dealkylation sites (tertiary alicyclic amines) is 1. The molecular formula is C62H72N14O3. The van der Waals surface area contributed by atoms with Gasteiger partial charge in [0, 0.05) is 68.1 Å². The normalized spacial score (nSPS) is 19.4. The third-order valence-electron chi connectivity index (χ3n) is 15.8. The summed E-state index contributed by atoms with van der Waals surface area (Å²) in [7, 11) is 0. The van der Waals surface area contributed by atoms with E-state index in [0.29, 0.717) is 43.6 Å². The minimum Gasteiger partial charge on any atom is -0.364 e. The lowest BCUT2D eigenvalue weighted by Crippen LogP contribution is -2.43. The van der Waals surface area contributed by atoms with E-state index in [1.54, 1.807) is 0 Å². The average Bonchev–Trinajstić information content (AvgIpc) is 4.07. The summed E-state index contributed by atoms with van der Waals surface area (Å²) in [6.07, 6.45) is 13.7. The number of nitrogens with zero attached hydrogens (tertiary/aromatic N) is 9. The van der Waals surface area contributed by atoms with Crippen LogP contribution in [0.5, 0.6) is 0 Å². The van der Waals surface area contributed by atoms with Crippen molar-refractivity contribution in [3.63, 3.8) is 0 Å². The van der Waals surface area contributed by atoms with E-state index in [1.807, 2.05) is 36.9 Å². The standard InChI is InChI=1S/C31H35N7O2.C31H37N7O/c1-20(2)37-19-33-28-29(32-18-21-8-10-23(11-9-21)22-6-4-3-5-7-22)35-31(36-30(28)37)34-24-12-14-25(15-13-24)38-26(39)16-17-27(38)40;1-20(2)38-19-33-27-28(32-18-21-8-10-23(11-9-21)22-6-4-3-5-7-22)36-31(37-29(27)38)35-26-16-14-25(15-17-26)34-30(39)24-12-13-24/h3-11,19-20,24-25H,12-18H2,1-2H3,(H2,32,34,35,36);3-11,19-20,24-26H,12-18H2,1-2H3,(H,34,39)(H2,32,35,36,37). The first-order valence-electron chi connectivity index (χ1n) is 28.4. The van der Waals surface area contributed by atoms with Gasteiger partial charge < -0.3 is 35.7 Å². The zero-order valence-electron chi connectivity index (χ0n) is 45.7. The molecule has 3 saturated carbocycles. The molecule has 4 aromatic carbocycles. The first-order valence-corrected chi connectivity index (χ1v) is 28.4. The smallest absolute Gasteiger partial charge is 0.229 e. The van der Waals surface area contributed by atoms with Gasteiger partial charge in [-0.25, -0.2) is 9.97 Å². The SMILES string of the molecule is CC(C)n1cnc2c(NCc3ccc(-c4ccccc4)cc3)nc(NC3CCC(N4C(=O)CCC4=O)CC3)nc21.CC(C)n1cnc2c(NCc3ccc(-c4ccccc4)cc3)nc(NC3CCC(NC(=O)C4CC4)CC3)nc21. The summed E-state index contributed by atoms with van der Waals surface area (Å²) in [5, 5.41) is 17.4. The van der Waals surface area contributed by atoms with E-state index in [2.05, 4.69) is 158 Å². The molecule has 0 bridgehead atoms. The summed E-state index contributed by atoms with van der Waals surface area (Å²) in [5.41, 5.74) is 10.3. The molecule has 17 nitrogen and oxygen atoms in total. The number of nitrogens with one attached hydrogen (secondary N) is 5. The molecule has 5 heterocycles. The maximum atomic E-state index is 12.2. The molecule has 4 fully saturated rings. The van der Waals surface area contributed by atoms with Crippen LogP contribution in [-0.4, -0.2) is 85.8 Å². The summed E-state index contributed by atoms with van der Waals surface area (Å²) in [5.74, 6) is 3.07. The van der Waals surface area contributed by atoms with Crippen LogP contribution in [0.3, 0.4) is 0 Å². The largest absolute Gasteiger partial charge is 0.364 e. The van der Waals surface area contributed by atoms with Gasteiger partial charge in [0.05, 0.1) is 12.7 Å². The first-order chi connectivity index (χ1) is 38.5. The lowest BCUT2D eigenvalue weighted by Gasteiger charge is -2.33. The second kappa shape index (κ2) is 23.8. The molecule has 0 unspecified atom stereocenters. The number of anilines is 4. The molecule has 1 saturated heterocycles. The van der Waals surface area contributed by atoms with Crippen molar-refractivity contribution in [1.82, 2.24) is 49.3 Å². The Hall–Kier alpha value is -8.21. The van der Waals surface area contributed by atoms with Gasteiger partial charge in [-0.1, -0.05) is 109 Å². The van der Waals surface area contributed by atoms with E-state index in [1.165, 1.54) is 32.7 Å². The van der Waals surface area contributed by atoms with Crippen LogP contribution in [0.15, 0.2) is 122 Å². The zero-order chi connectivity index (χ0) is 54.4. The number of rotatable bonds is 17. The maximum Gasteiger partial charge on any atom is 0.229 e. The molecule has 4 aliphatic rings. The number of aromatic nitrogens is 8. The van der Waals surface area contributed by atoms with E-state index >= 15 is 0 Å². The molecule has 17 heteroatoms. The minimum atomic E-state index is -0.0254. The molecule has 5 N–H and O–H groups in total. The Labute approximate surface area is 461 Å². The Kier molecular flexibility index (Phi) is 15.9. The first kappa shape index (κ1) is 52.8. The van der Waals surface area contributed by atoms with Crippen LogP contribution in [0.2, 0.25) is 0 Å². The molecule has 408 valence electrons. The maximum absolute atomic E-state index is 12.2. The van der Waals surface area contributed by atoms with E-state index in [-0.39, 0.29) is 59.9 Å².